The van der Waals surface area contributed by atoms with Gasteiger partial charge in [0.15, 0.2) is 0 Å². The van der Waals surface area contributed by atoms with E-state index >= 15 is 0 Å². The number of benzene rings is 1. The van der Waals surface area contributed by atoms with E-state index in [0.717, 1.165) is 12.1 Å². The minimum atomic E-state index is -6.38. The smallest absolute Gasteiger partial charge is 0.194 e. The molecule has 0 radical (unpaired) electrons. The van der Waals surface area contributed by atoms with E-state index in [-0.39, 0.29) is 5.02 Å². The molecule has 1 rings (SSSR count). The highest BCUT2D eigenvalue weighted by Gasteiger charge is 2.73. The van der Waals surface area contributed by atoms with Gasteiger partial charge in [-0.1, -0.05) is 27.5 Å². The molecule has 0 heterocycles. The van der Waals surface area contributed by atoms with E-state index in [4.69, 9.17) is 11.6 Å². The topological polar surface area (TPSA) is 0 Å². The van der Waals surface area contributed by atoms with Crippen LogP contribution in [0.4, 0.5) is 30.7 Å². The first kappa shape index (κ1) is 15.6. The van der Waals surface area contributed by atoms with Gasteiger partial charge in [0, 0.05) is 15.1 Å². The van der Waals surface area contributed by atoms with E-state index in [9.17, 15) is 30.7 Å². The van der Waals surface area contributed by atoms with Crippen molar-refractivity contribution in [1.82, 2.24) is 0 Å². The first-order chi connectivity index (χ1) is 7.91. The van der Waals surface area contributed by atoms with Gasteiger partial charge in [0.2, 0.25) is 0 Å². The van der Waals surface area contributed by atoms with Gasteiger partial charge in [-0.25, -0.2) is 0 Å². The van der Waals surface area contributed by atoms with Crippen LogP contribution < -0.4 is 0 Å². The average molecular weight is 359 g/mol. The van der Waals surface area contributed by atoms with E-state index in [1.165, 1.54) is 0 Å². The Morgan fingerprint density at radius 1 is 0.944 bits per heavy atom. The Labute approximate surface area is 110 Å². The van der Waals surface area contributed by atoms with E-state index in [2.05, 4.69) is 15.9 Å². The molecule has 0 spiro atoms. The zero-order chi connectivity index (χ0) is 14.4. The van der Waals surface area contributed by atoms with Gasteiger partial charge in [-0.15, -0.1) is 0 Å². The molecule has 0 saturated heterocycles. The molecular weight excluding hydrogens is 356 g/mol. The second kappa shape index (κ2) is 4.56. The van der Waals surface area contributed by atoms with E-state index in [1.54, 1.807) is 0 Å². The minimum absolute atomic E-state index is 0.352. The molecular formula is C9H3BrClF7. The molecule has 0 aliphatic carbocycles. The first-order valence-corrected chi connectivity index (χ1v) is 5.36. The molecule has 0 nitrogen and oxygen atoms in total. The van der Waals surface area contributed by atoms with Crippen molar-refractivity contribution in [2.24, 2.45) is 0 Å². The molecule has 0 bridgehead atoms. The predicted octanol–water partition coefficient (Wildman–Crippen LogP) is 5.39. The van der Waals surface area contributed by atoms with Crippen molar-refractivity contribution in [3.8, 4) is 0 Å². The molecule has 0 fully saturated rings. The van der Waals surface area contributed by atoms with E-state index < -0.39 is 28.1 Å². The minimum Gasteiger partial charge on any atom is -0.194 e. The summed E-state index contributed by atoms with van der Waals surface area (Å²) in [6, 6.07) is 2.28. The normalized spacial score (nSPS) is 13.8. The summed E-state index contributed by atoms with van der Waals surface area (Å²) >= 11 is 7.79. The summed E-state index contributed by atoms with van der Waals surface area (Å²) in [5, 5.41) is -0.383. The van der Waals surface area contributed by atoms with Crippen LogP contribution in [0.3, 0.4) is 0 Å². The number of alkyl halides is 7. The fourth-order valence-electron chi connectivity index (χ4n) is 1.09. The molecule has 0 saturated carbocycles. The van der Waals surface area contributed by atoms with Crippen molar-refractivity contribution in [2.45, 2.75) is 18.0 Å². The highest BCUT2D eigenvalue weighted by molar-refractivity contribution is 9.10. The molecule has 0 amide bonds. The van der Waals surface area contributed by atoms with Crippen LogP contribution in [0.5, 0.6) is 0 Å². The van der Waals surface area contributed by atoms with Crippen molar-refractivity contribution in [3.05, 3.63) is 33.3 Å². The molecule has 18 heavy (non-hydrogen) atoms. The van der Waals surface area contributed by atoms with Crippen molar-refractivity contribution in [2.75, 3.05) is 0 Å². The Bertz CT molecular complexity index is 455. The lowest BCUT2D eigenvalue weighted by atomic mass is 10.0. The monoisotopic (exact) mass is 358 g/mol. The summed E-state index contributed by atoms with van der Waals surface area (Å²) in [4.78, 5) is 0. The molecule has 9 heteroatoms. The molecule has 0 atom stereocenters. The standard InChI is InChI=1S/C9H3BrClF7/c10-6-2-1-4(11)3-5(6)7(12,13)8(14,15)9(16,17)18/h1-3H. The largest absolute Gasteiger partial charge is 0.460 e. The van der Waals surface area contributed by atoms with E-state index in [0.29, 0.717) is 6.07 Å². The molecule has 102 valence electrons. The summed E-state index contributed by atoms with van der Waals surface area (Å²) in [7, 11) is 0. The Kier molecular flexibility index (Phi) is 3.94. The van der Waals surface area contributed by atoms with Crippen LogP contribution in [0.2, 0.25) is 5.02 Å². The molecule has 1 aromatic carbocycles. The van der Waals surface area contributed by atoms with Crippen LogP contribution >= 0.6 is 27.5 Å². The van der Waals surface area contributed by atoms with Crippen LogP contribution in [-0.2, 0) is 5.92 Å². The molecule has 0 N–H and O–H groups in total. The zero-order valence-electron chi connectivity index (χ0n) is 8.13. The summed E-state index contributed by atoms with van der Waals surface area (Å²) < 4.78 is 87.5. The second-order valence-corrected chi connectivity index (χ2v) is 4.56. The lowest BCUT2D eigenvalue weighted by Crippen LogP contribution is -2.50. The first-order valence-electron chi connectivity index (χ1n) is 4.19. The number of hydrogen-bond donors (Lipinski definition) is 0. The van der Waals surface area contributed by atoms with Gasteiger partial charge in [-0.3, -0.25) is 0 Å². The fraction of sp³-hybridized carbons (Fsp3) is 0.333. The van der Waals surface area contributed by atoms with Crippen molar-refractivity contribution < 1.29 is 30.7 Å². The quantitative estimate of drug-likeness (QED) is 0.621. The van der Waals surface area contributed by atoms with Crippen LogP contribution in [0.15, 0.2) is 22.7 Å². The van der Waals surface area contributed by atoms with Crippen LogP contribution in [-0.4, -0.2) is 12.1 Å². The molecule has 0 aliphatic heterocycles. The summed E-state index contributed by atoms with van der Waals surface area (Å²) in [5.74, 6) is -11.6. The zero-order valence-corrected chi connectivity index (χ0v) is 10.5. The van der Waals surface area contributed by atoms with Crippen LogP contribution in [0, 0.1) is 0 Å². The van der Waals surface area contributed by atoms with Crippen molar-refractivity contribution in [3.63, 3.8) is 0 Å². The summed E-state index contributed by atoms with van der Waals surface area (Å²) in [6.07, 6.45) is -6.38. The third-order valence-corrected chi connectivity index (χ3v) is 2.94. The van der Waals surface area contributed by atoms with Gasteiger partial charge in [0.05, 0.1) is 0 Å². The lowest BCUT2D eigenvalue weighted by Gasteiger charge is -2.29. The average Bonchev–Trinajstić information content (AvgIpc) is 2.19. The predicted molar refractivity (Wildman–Crippen MR) is 54.0 cm³/mol. The van der Waals surface area contributed by atoms with Gasteiger partial charge in [-0.05, 0) is 18.2 Å². The number of hydrogen-bond acceptors (Lipinski definition) is 0. The molecule has 0 aromatic heterocycles. The highest BCUT2D eigenvalue weighted by Crippen LogP contribution is 2.53. The lowest BCUT2D eigenvalue weighted by molar-refractivity contribution is -0.359. The van der Waals surface area contributed by atoms with Crippen molar-refractivity contribution >= 4 is 27.5 Å². The maximum atomic E-state index is 13.3. The van der Waals surface area contributed by atoms with Crippen LogP contribution in [0.25, 0.3) is 0 Å². The molecule has 0 unspecified atom stereocenters. The third kappa shape index (κ3) is 2.45. The van der Waals surface area contributed by atoms with Gasteiger partial charge >= 0.3 is 18.0 Å². The summed E-state index contributed by atoms with van der Waals surface area (Å²) in [6.45, 7) is 0. The Hall–Kier alpha value is -0.500. The Morgan fingerprint density at radius 2 is 1.44 bits per heavy atom. The molecule has 1 aromatic rings. The van der Waals surface area contributed by atoms with E-state index in [1.807, 2.05) is 0 Å². The molecule has 0 aliphatic rings. The summed E-state index contributed by atoms with van der Waals surface area (Å²) in [5.41, 5.74) is -1.53. The number of rotatable bonds is 2. The Balaban J connectivity index is 3.42. The third-order valence-electron chi connectivity index (χ3n) is 2.02. The van der Waals surface area contributed by atoms with Gasteiger partial charge in [0.25, 0.3) is 0 Å². The maximum absolute atomic E-state index is 13.3. The maximum Gasteiger partial charge on any atom is 0.460 e. The Morgan fingerprint density at radius 3 is 1.89 bits per heavy atom. The van der Waals surface area contributed by atoms with Gasteiger partial charge in [-0.2, -0.15) is 30.7 Å². The SMILES string of the molecule is FC(F)(F)C(F)(F)C(F)(F)c1cc(Cl)ccc1Br. The van der Waals surface area contributed by atoms with Gasteiger partial charge in [0.1, 0.15) is 0 Å². The van der Waals surface area contributed by atoms with Crippen molar-refractivity contribution in [1.29, 1.82) is 0 Å². The van der Waals surface area contributed by atoms with Crippen LogP contribution in [0.1, 0.15) is 5.56 Å². The fourth-order valence-corrected chi connectivity index (χ4v) is 1.75. The second-order valence-electron chi connectivity index (χ2n) is 3.27. The number of halogens is 9. The van der Waals surface area contributed by atoms with Gasteiger partial charge < -0.3 is 0 Å². The highest BCUT2D eigenvalue weighted by atomic mass is 79.9.